The topological polar surface area (TPSA) is 47.6 Å². The molecule has 0 radical (unpaired) electrons. The number of hydrogen-bond acceptors (Lipinski definition) is 3. The highest BCUT2D eigenvalue weighted by Crippen LogP contribution is 2.25. The van der Waals surface area contributed by atoms with Crippen molar-refractivity contribution in [2.75, 3.05) is 11.9 Å². The fourth-order valence-electron chi connectivity index (χ4n) is 2.74. The summed E-state index contributed by atoms with van der Waals surface area (Å²) in [5.74, 6) is 1.38. The molecule has 0 fully saturated rings. The number of hydrogen-bond donors (Lipinski definition) is 1. The molecule has 0 aromatic heterocycles. The maximum absolute atomic E-state index is 12.7. The highest BCUT2D eigenvalue weighted by atomic mass is 127. The quantitative estimate of drug-likeness (QED) is 0.427. The third kappa shape index (κ3) is 5.25. The van der Waals surface area contributed by atoms with Crippen LogP contribution in [-0.4, -0.2) is 12.5 Å². The number of carbonyl (C=O) groups is 1. The molecule has 0 aliphatic heterocycles. The Morgan fingerprint density at radius 2 is 1.71 bits per heavy atom. The van der Waals surface area contributed by atoms with E-state index in [-0.39, 0.29) is 5.91 Å². The molecule has 0 aliphatic rings. The molecule has 0 saturated carbocycles. The summed E-state index contributed by atoms with van der Waals surface area (Å²) in [6, 6.07) is 20.9. The van der Waals surface area contributed by atoms with E-state index in [1.54, 1.807) is 6.07 Å². The minimum atomic E-state index is -0.165. The molecule has 3 rings (SSSR count). The lowest BCUT2D eigenvalue weighted by molar-refractivity contribution is 0.102. The van der Waals surface area contributed by atoms with E-state index in [0.29, 0.717) is 18.8 Å². The van der Waals surface area contributed by atoms with Gasteiger partial charge < -0.3 is 14.8 Å². The summed E-state index contributed by atoms with van der Waals surface area (Å²) >= 11 is 2.23. The number of aryl methyl sites for hydroxylation is 1. The fourth-order valence-corrected chi connectivity index (χ4v) is 3.10. The molecule has 0 atom stereocenters. The number of rotatable bonds is 7. The van der Waals surface area contributed by atoms with Crippen molar-refractivity contribution in [1.82, 2.24) is 0 Å². The first kappa shape index (κ1) is 20.2. The van der Waals surface area contributed by atoms with Crippen molar-refractivity contribution < 1.29 is 14.3 Å². The number of nitrogens with one attached hydrogen (secondary N) is 1. The first-order valence-corrected chi connectivity index (χ1v) is 10.2. The van der Waals surface area contributed by atoms with Crippen molar-refractivity contribution in [3.63, 3.8) is 0 Å². The molecular formula is C23H22INO3. The number of ether oxygens (including phenoxy) is 2. The molecule has 0 spiro atoms. The fraction of sp³-hybridized carbons (Fsp3) is 0.174. The minimum absolute atomic E-state index is 0.165. The first-order valence-electron chi connectivity index (χ1n) is 9.08. The van der Waals surface area contributed by atoms with Crippen LogP contribution in [0.3, 0.4) is 0 Å². The summed E-state index contributed by atoms with van der Waals surface area (Å²) in [5.41, 5.74) is 3.22. The van der Waals surface area contributed by atoms with Gasteiger partial charge in [0.1, 0.15) is 18.1 Å². The molecule has 0 unspecified atom stereocenters. The minimum Gasteiger partial charge on any atom is -0.493 e. The maximum atomic E-state index is 12.7. The van der Waals surface area contributed by atoms with E-state index in [4.69, 9.17) is 9.47 Å². The summed E-state index contributed by atoms with van der Waals surface area (Å²) < 4.78 is 12.8. The van der Waals surface area contributed by atoms with E-state index < -0.39 is 0 Å². The average Bonchev–Trinajstić information content (AvgIpc) is 2.70. The largest absolute Gasteiger partial charge is 0.493 e. The predicted molar refractivity (Wildman–Crippen MR) is 120 cm³/mol. The van der Waals surface area contributed by atoms with Crippen molar-refractivity contribution in [2.24, 2.45) is 0 Å². The number of anilines is 1. The molecule has 4 nitrogen and oxygen atoms in total. The molecule has 5 heteroatoms. The van der Waals surface area contributed by atoms with Crippen LogP contribution in [0.2, 0.25) is 0 Å². The molecule has 0 saturated heterocycles. The Labute approximate surface area is 179 Å². The zero-order valence-electron chi connectivity index (χ0n) is 15.9. The molecule has 28 heavy (non-hydrogen) atoms. The molecule has 144 valence electrons. The summed E-state index contributed by atoms with van der Waals surface area (Å²) in [6.07, 6.45) is 0. The molecule has 0 heterocycles. The van der Waals surface area contributed by atoms with E-state index >= 15 is 0 Å². The van der Waals surface area contributed by atoms with Gasteiger partial charge >= 0.3 is 0 Å². The summed E-state index contributed by atoms with van der Waals surface area (Å²) in [7, 11) is 0. The molecule has 3 aromatic carbocycles. The van der Waals surface area contributed by atoms with Gasteiger partial charge in [0.15, 0.2) is 0 Å². The maximum Gasteiger partial charge on any atom is 0.255 e. The summed E-state index contributed by atoms with van der Waals surface area (Å²) in [4.78, 5) is 12.7. The highest BCUT2D eigenvalue weighted by Gasteiger charge is 2.12. The van der Waals surface area contributed by atoms with Crippen LogP contribution >= 0.6 is 22.6 Å². The van der Waals surface area contributed by atoms with E-state index in [1.165, 1.54) is 0 Å². The highest BCUT2D eigenvalue weighted by molar-refractivity contribution is 14.1. The van der Waals surface area contributed by atoms with Crippen molar-refractivity contribution in [3.05, 3.63) is 87.0 Å². The van der Waals surface area contributed by atoms with Gasteiger partial charge in [-0.1, -0.05) is 18.2 Å². The molecule has 1 amide bonds. The Balaban J connectivity index is 1.79. The molecular weight excluding hydrogens is 465 g/mol. The Morgan fingerprint density at radius 1 is 0.964 bits per heavy atom. The number of halogens is 1. The Hall–Kier alpha value is -2.54. The van der Waals surface area contributed by atoms with Gasteiger partial charge in [0, 0.05) is 20.4 Å². The van der Waals surface area contributed by atoms with Crippen molar-refractivity contribution in [1.29, 1.82) is 0 Å². The Morgan fingerprint density at radius 3 is 2.43 bits per heavy atom. The van der Waals surface area contributed by atoms with Gasteiger partial charge in [0.05, 0.1) is 6.61 Å². The second-order valence-electron chi connectivity index (χ2n) is 6.27. The van der Waals surface area contributed by atoms with E-state index in [2.05, 4.69) is 27.9 Å². The lowest BCUT2D eigenvalue weighted by Gasteiger charge is -2.14. The lowest BCUT2D eigenvalue weighted by Crippen LogP contribution is -2.13. The van der Waals surface area contributed by atoms with Crippen LogP contribution in [0.4, 0.5) is 5.69 Å². The van der Waals surface area contributed by atoms with E-state index in [1.807, 2.05) is 74.5 Å². The monoisotopic (exact) mass is 487 g/mol. The molecule has 0 aliphatic carbocycles. The zero-order chi connectivity index (χ0) is 19.9. The summed E-state index contributed by atoms with van der Waals surface area (Å²) in [6.45, 7) is 4.81. The SMILES string of the molecule is CCOc1ccc(C(=O)Nc2ccc(I)cc2)cc1COc1ccccc1C. The van der Waals surface area contributed by atoms with E-state index in [9.17, 15) is 4.79 Å². The van der Waals surface area contributed by atoms with Gasteiger partial charge in [-0.2, -0.15) is 0 Å². The molecule has 3 aromatic rings. The number of benzene rings is 3. The van der Waals surface area contributed by atoms with Gasteiger partial charge in [-0.05, 0) is 90.5 Å². The van der Waals surface area contributed by atoms with Crippen molar-refractivity contribution in [3.8, 4) is 11.5 Å². The second-order valence-corrected chi connectivity index (χ2v) is 7.52. The number of carbonyl (C=O) groups excluding carboxylic acids is 1. The number of amides is 1. The van der Waals surface area contributed by atoms with Gasteiger partial charge in [-0.25, -0.2) is 0 Å². The normalized spacial score (nSPS) is 10.4. The van der Waals surface area contributed by atoms with Crippen LogP contribution in [0.5, 0.6) is 11.5 Å². The standard InChI is InChI=1S/C23H22INO3/c1-3-27-22-13-8-17(23(26)25-20-11-9-19(24)10-12-20)14-18(22)15-28-21-7-5-4-6-16(21)2/h4-14H,3,15H2,1-2H3,(H,25,26). The van der Waals surface area contributed by atoms with Crippen LogP contribution in [0.1, 0.15) is 28.4 Å². The van der Waals surface area contributed by atoms with Crippen LogP contribution in [0, 0.1) is 10.5 Å². The molecule has 0 bridgehead atoms. The van der Waals surface area contributed by atoms with E-state index in [0.717, 1.165) is 31.9 Å². The van der Waals surface area contributed by atoms with Crippen LogP contribution in [0.15, 0.2) is 66.7 Å². The van der Waals surface area contributed by atoms with Crippen LogP contribution in [-0.2, 0) is 6.61 Å². The van der Waals surface area contributed by atoms with Crippen molar-refractivity contribution >= 4 is 34.2 Å². The smallest absolute Gasteiger partial charge is 0.255 e. The number of para-hydroxylation sites is 1. The third-order valence-corrected chi connectivity index (χ3v) is 4.92. The van der Waals surface area contributed by atoms with Crippen molar-refractivity contribution in [2.45, 2.75) is 20.5 Å². The first-order chi connectivity index (χ1) is 13.6. The lowest BCUT2D eigenvalue weighted by atomic mass is 10.1. The predicted octanol–water partition coefficient (Wildman–Crippen LogP) is 5.83. The Bertz CT molecular complexity index is 954. The van der Waals surface area contributed by atoms with Crippen LogP contribution < -0.4 is 14.8 Å². The zero-order valence-corrected chi connectivity index (χ0v) is 18.0. The summed E-state index contributed by atoms with van der Waals surface area (Å²) in [5, 5.41) is 2.92. The van der Waals surface area contributed by atoms with Gasteiger partial charge in [0.25, 0.3) is 5.91 Å². The van der Waals surface area contributed by atoms with Gasteiger partial charge in [-0.3, -0.25) is 4.79 Å². The van der Waals surface area contributed by atoms with Gasteiger partial charge in [0.2, 0.25) is 0 Å². The second kappa shape index (κ2) is 9.59. The average molecular weight is 487 g/mol. The Kier molecular flexibility index (Phi) is 6.92. The third-order valence-electron chi connectivity index (χ3n) is 4.20. The van der Waals surface area contributed by atoms with Crippen LogP contribution in [0.25, 0.3) is 0 Å². The molecule has 1 N–H and O–H groups in total. The van der Waals surface area contributed by atoms with Gasteiger partial charge in [-0.15, -0.1) is 0 Å².